The van der Waals surface area contributed by atoms with Crippen LogP contribution in [-0.4, -0.2) is 17.6 Å². The maximum Gasteiger partial charge on any atom is 0.228 e. The van der Waals surface area contributed by atoms with Crippen LogP contribution in [0.25, 0.3) is 0 Å². The zero-order chi connectivity index (χ0) is 14.8. The van der Waals surface area contributed by atoms with Crippen molar-refractivity contribution in [1.29, 1.82) is 0 Å². The molecule has 3 nitrogen and oxygen atoms in total. The van der Waals surface area contributed by atoms with E-state index in [4.69, 9.17) is 5.11 Å². The lowest BCUT2D eigenvalue weighted by molar-refractivity contribution is -0.117. The van der Waals surface area contributed by atoms with Gasteiger partial charge in [-0.05, 0) is 49.3 Å². The van der Waals surface area contributed by atoms with Crippen molar-refractivity contribution in [2.45, 2.75) is 32.6 Å². The Morgan fingerprint density at radius 2 is 2.05 bits per heavy atom. The van der Waals surface area contributed by atoms with Gasteiger partial charge < -0.3 is 10.4 Å². The molecule has 2 saturated carbocycles. The highest BCUT2D eigenvalue weighted by Gasteiger charge is 2.54. The minimum absolute atomic E-state index is 0.152. The summed E-state index contributed by atoms with van der Waals surface area (Å²) in [4.78, 5) is 12.4. The van der Waals surface area contributed by atoms with Crippen LogP contribution in [0.4, 0.5) is 5.69 Å². The van der Waals surface area contributed by atoms with E-state index in [0.717, 1.165) is 16.8 Å². The SMILES string of the molecule is Cc1ccc(C#CCO)cc1NC(=O)C1C2CCCCC21. The van der Waals surface area contributed by atoms with Crippen molar-refractivity contribution in [3.63, 3.8) is 0 Å². The number of aliphatic hydroxyl groups excluding tert-OH is 1. The number of carbonyl (C=O) groups is 1. The molecule has 2 unspecified atom stereocenters. The fraction of sp³-hybridized carbons (Fsp3) is 0.500. The number of hydrogen-bond acceptors (Lipinski definition) is 2. The van der Waals surface area contributed by atoms with Gasteiger partial charge in [0, 0.05) is 17.2 Å². The summed E-state index contributed by atoms with van der Waals surface area (Å²) in [5.74, 6) is 7.15. The Kier molecular flexibility index (Phi) is 3.98. The molecular formula is C18H21NO2. The lowest BCUT2D eigenvalue weighted by Crippen LogP contribution is -2.16. The third-order valence-corrected chi connectivity index (χ3v) is 4.77. The molecule has 0 heterocycles. The van der Waals surface area contributed by atoms with Gasteiger partial charge in [0.25, 0.3) is 0 Å². The number of anilines is 1. The number of benzene rings is 1. The Labute approximate surface area is 125 Å². The van der Waals surface area contributed by atoms with Crippen molar-refractivity contribution in [1.82, 2.24) is 0 Å². The molecule has 0 bridgehead atoms. The van der Waals surface area contributed by atoms with Gasteiger partial charge in [-0.2, -0.15) is 0 Å². The second kappa shape index (κ2) is 5.91. The molecule has 1 amide bonds. The van der Waals surface area contributed by atoms with Crippen molar-refractivity contribution in [2.24, 2.45) is 17.8 Å². The van der Waals surface area contributed by atoms with Gasteiger partial charge in [-0.25, -0.2) is 0 Å². The third kappa shape index (κ3) is 2.96. The van der Waals surface area contributed by atoms with E-state index < -0.39 is 0 Å². The van der Waals surface area contributed by atoms with Gasteiger partial charge in [0.15, 0.2) is 0 Å². The average molecular weight is 283 g/mol. The van der Waals surface area contributed by atoms with Crippen LogP contribution in [0.1, 0.15) is 36.8 Å². The summed E-state index contributed by atoms with van der Waals surface area (Å²) in [5, 5.41) is 11.8. The van der Waals surface area contributed by atoms with E-state index in [-0.39, 0.29) is 18.4 Å². The smallest absolute Gasteiger partial charge is 0.228 e. The Bertz CT molecular complexity index is 599. The summed E-state index contributed by atoms with van der Waals surface area (Å²) in [7, 11) is 0. The predicted molar refractivity (Wildman–Crippen MR) is 82.7 cm³/mol. The molecule has 0 aromatic heterocycles. The summed E-state index contributed by atoms with van der Waals surface area (Å²) >= 11 is 0. The maximum absolute atomic E-state index is 12.4. The molecule has 1 aromatic rings. The molecule has 110 valence electrons. The van der Waals surface area contributed by atoms with Crippen LogP contribution in [0.2, 0.25) is 0 Å². The van der Waals surface area contributed by atoms with Crippen LogP contribution in [0.15, 0.2) is 18.2 Å². The highest BCUT2D eigenvalue weighted by atomic mass is 16.2. The van der Waals surface area contributed by atoms with Crippen LogP contribution in [-0.2, 0) is 4.79 Å². The summed E-state index contributed by atoms with van der Waals surface area (Å²) in [6, 6.07) is 5.75. The molecule has 1 aromatic carbocycles. The van der Waals surface area contributed by atoms with Gasteiger partial charge in [-0.3, -0.25) is 4.79 Å². The van der Waals surface area contributed by atoms with Crippen LogP contribution < -0.4 is 5.32 Å². The van der Waals surface area contributed by atoms with Crippen LogP contribution >= 0.6 is 0 Å². The number of amides is 1. The quantitative estimate of drug-likeness (QED) is 0.820. The van der Waals surface area contributed by atoms with E-state index in [1.165, 1.54) is 25.7 Å². The molecule has 2 N–H and O–H groups in total. The second-order valence-electron chi connectivity index (χ2n) is 6.12. The first-order chi connectivity index (χ1) is 10.2. The van der Waals surface area contributed by atoms with E-state index in [0.29, 0.717) is 11.8 Å². The molecule has 0 spiro atoms. The van der Waals surface area contributed by atoms with Crippen molar-refractivity contribution in [3.8, 4) is 11.8 Å². The first-order valence-corrected chi connectivity index (χ1v) is 7.72. The number of hydrogen-bond donors (Lipinski definition) is 2. The molecule has 2 fully saturated rings. The van der Waals surface area contributed by atoms with Crippen molar-refractivity contribution in [3.05, 3.63) is 29.3 Å². The lowest BCUT2D eigenvalue weighted by atomic mass is 10.0. The molecule has 0 radical (unpaired) electrons. The predicted octanol–water partition coefficient (Wildman–Crippen LogP) is 2.71. The molecule has 0 aliphatic heterocycles. The highest BCUT2D eigenvalue weighted by Crippen LogP contribution is 2.55. The number of aryl methyl sites for hydroxylation is 1. The van der Waals surface area contributed by atoms with Gasteiger partial charge in [0.2, 0.25) is 5.91 Å². The standard InChI is InChI=1S/C18H21NO2/c1-12-8-9-13(5-4-10-20)11-16(12)19-18(21)17-14-6-2-3-7-15(14)17/h8-9,11,14-15,17,20H,2-3,6-7,10H2,1H3,(H,19,21). The van der Waals surface area contributed by atoms with Crippen LogP contribution in [0, 0.1) is 36.5 Å². The Balaban J connectivity index is 1.71. The third-order valence-electron chi connectivity index (χ3n) is 4.77. The van der Waals surface area contributed by atoms with Crippen LogP contribution in [0.3, 0.4) is 0 Å². The molecule has 2 atom stereocenters. The number of aliphatic hydroxyl groups is 1. The molecule has 21 heavy (non-hydrogen) atoms. The minimum atomic E-state index is -0.152. The van der Waals surface area contributed by atoms with E-state index in [1.54, 1.807) is 0 Å². The van der Waals surface area contributed by atoms with E-state index >= 15 is 0 Å². The molecular weight excluding hydrogens is 262 g/mol. The van der Waals surface area contributed by atoms with E-state index in [1.807, 2.05) is 25.1 Å². The van der Waals surface area contributed by atoms with E-state index in [2.05, 4.69) is 17.2 Å². The zero-order valence-corrected chi connectivity index (χ0v) is 12.4. The number of fused-ring (bicyclic) bond motifs is 1. The molecule has 2 aliphatic rings. The summed E-state index contributed by atoms with van der Waals surface area (Å²) < 4.78 is 0. The number of carbonyl (C=O) groups excluding carboxylic acids is 1. The number of rotatable bonds is 2. The summed E-state index contributed by atoms with van der Waals surface area (Å²) in [6.07, 6.45) is 4.97. The van der Waals surface area contributed by atoms with Gasteiger partial charge in [0.05, 0.1) is 0 Å². The molecule has 0 saturated heterocycles. The number of nitrogens with one attached hydrogen (secondary N) is 1. The second-order valence-corrected chi connectivity index (χ2v) is 6.12. The Morgan fingerprint density at radius 1 is 1.33 bits per heavy atom. The molecule has 3 heteroatoms. The normalized spacial score (nSPS) is 26.3. The summed E-state index contributed by atoms with van der Waals surface area (Å²) in [5.41, 5.74) is 2.70. The molecule has 2 aliphatic carbocycles. The largest absolute Gasteiger partial charge is 0.384 e. The van der Waals surface area contributed by atoms with Crippen molar-refractivity contribution >= 4 is 11.6 Å². The fourth-order valence-electron chi connectivity index (χ4n) is 3.57. The fourth-order valence-corrected chi connectivity index (χ4v) is 3.57. The van der Waals surface area contributed by atoms with Crippen molar-refractivity contribution < 1.29 is 9.90 Å². The Morgan fingerprint density at radius 3 is 2.71 bits per heavy atom. The van der Waals surface area contributed by atoms with Gasteiger partial charge in [0.1, 0.15) is 6.61 Å². The monoisotopic (exact) mass is 283 g/mol. The minimum Gasteiger partial charge on any atom is -0.384 e. The van der Waals surface area contributed by atoms with Gasteiger partial charge in [-0.15, -0.1) is 0 Å². The lowest BCUT2D eigenvalue weighted by Gasteiger charge is -2.09. The first kappa shape index (κ1) is 14.2. The maximum atomic E-state index is 12.4. The summed E-state index contributed by atoms with van der Waals surface area (Å²) in [6.45, 7) is 1.83. The van der Waals surface area contributed by atoms with E-state index in [9.17, 15) is 4.79 Å². The highest BCUT2D eigenvalue weighted by molar-refractivity contribution is 5.95. The average Bonchev–Trinajstić information content (AvgIpc) is 3.22. The van der Waals surface area contributed by atoms with Gasteiger partial charge in [-0.1, -0.05) is 30.7 Å². The Hall–Kier alpha value is -1.79. The molecule has 3 rings (SSSR count). The van der Waals surface area contributed by atoms with Crippen molar-refractivity contribution in [2.75, 3.05) is 11.9 Å². The van der Waals surface area contributed by atoms with Crippen LogP contribution in [0.5, 0.6) is 0 Å². The zero-order valence-electron chi connectivity index (χ0n) is 12.4. The first-order valence-electron chi connectivity index (χ1n) is 7.72. The van der Waals surface area contributed by atoms with Gasteiger partial charge >= 0.3 is 0 Å². The topological polar surface area (TPSA) is 49.3 Å².